The SMILES string of the molecule is C[C@H](NCC1CCNCC1)c1ccc(Br)cc1. The molecule has 1 aromatic rings. The van der Waals surface area contributed by atoms with Crippen LogP contribution in [0.25, 0.3) is 0 Å². The molecule has 2 rings (SSSR count). The lowest BCUT2D eigenvalue weighted by Gasteiger charge is -2.25. The average molecular weight is 297 g/mol. The van der Waals surface area contributed by atoms with Crippen LogP contribution in [0.3, 0.4) is 0 Å². The molecule has 1 aromatic carbocycles. The molecule has 0 aliphatic carbocycles. The Kier molecular flexibility index (Phi) is 5.01. The summed E-state index contributed by atoms with van der Waals surface area (Å²) in [5.74, 6) is 0.842. The van der Waals surface area contributed by atoms with Crippen LogP contribution in [0, 0.1) is 5.92 Å². The van der Waals surface area contributed by atoms with E-state index in [1.54, 1.807) is 0 Å². The molecule has 0 aromatic heterocycles. The quantitative estimate of drug-likeness (QED) is 0.892. The normalized spacial score (nSPS) is 19.2. The Morgan fingerprint density at radius 2 is 1.94 bits per heavy atom. The highest BCUT2D eigenvalue weighted by Crippen LogP contribution is 2.18. The third-order valence-electron chi connectivity index (χ3n) is 3.54. The fourth-order valence-corrected chi connectivity index (χ4v) is 2.56. The molecule has 0 saturated carbocycles. The minimum atomic E-state index is 0.443. The monoisotopic (exact) mass is 296 g/mol. The molecule has 0 amide bonds. The summed E-state index contributed by atoms with van der Waals surface area (Å²) in [7, 11) is 0. The van der Waals surface area contributed by atoms with Crippen LogP contribution < -0.4 is 10.6 Å². The van der Waals surface area contributed by atoms with Crippen LogP contribution in [-0.4, -0.2) is 19.6 Å². The van der Waals surface area contributed by atoms with Crippen molar-refractivity contribution in [1.82, 2.24) is 10.6 Å². The molecule has 2 nitrogen and oxygen atoms in total. The lowest BCUT2D eigenvalue weighted by Crippen LogP contribution is -2.34. The van der Waals surface area contributed by atoms with E-state index < -0.39 is 0 Å². The van der Waals surface area contributed by atoms with Gasteiger partial charge in [-0.1, -0.05) is 28.1 Å². The predicted molar refractivity (Wildman–Crippen MR) is 76.2 cm³/mol. The summed E-state index contributed by atoms with van der Waals surface area (Å²) < 4.78 is 1.15. The van der Waals surface area contributed by atoms with Crippen LogP contribution >= 0.6 is 15.9 Å². The first-order valence-corrected chi connectivity index (χ1v) is 7.24. The van der Waals surface area contributed by atoms with E-state index in [1.807, 2.05) is 0 Å². The number of piperidine rings is 1. The number of rotatable bonds is 4. The molecule has 1 aliphatic heterocycles. The fraction of sp³-hybridized carbons (Fsp3) is 0.571. The van der Waals surface area contributed by atoms with Crippen LogP contribution in [0.1, 0.15) is 31.4 Å². The van der Waals surface area contributed by atoms with Gasteiger partial charge in [0.25, 0.3) is 0 Å². The Morgan fingerprint density at radius 3 is 2.59 bits per heavy atom. The van der Waals surface area contributed by atoms with Gasteiger partial charge in [0.15, 0.2) is 0 Å². The van der Waals surface area contributed by atoms with Crippen molar-refractivity contribution in [2.75, 3.05) is 19.6 Å². The van der Waals surface area contributed by atoms with Crippen molar-refractivity contribution in [3.8, 4) is 0 Å². The fourth-order valence-electron chi connectivity index (χ4n) is 2.30. The summed E-state index contributed by atoms with van der Waals surface area (Å²) in [4.78, 5) is 0. The van der Waals surface area contributed by atoms with Gasteiger partial charge in [-0.2, -0.15) is 0 Å². The predicted octanol–water partition coefficient (Wildman–Crippen LogP) is 3.10. The summed E-state index contributed by atoms with van der Waals surface area (Å²) in [6.07, 6.45) is 2.61. The maximum absolute atomic E-state index is 3.64. The average Bonchev–Trinajstić information content (AvgIpc) is 2.38. The van der Waals surface area contributed by atoms with Gasteiger partial charge in [0.1, 0.15) is 0 Å². The molecule has 2 N–H and O–H groups in total. The first-order valence-electron chi connectivity index (χ1n) is 6.45. The molecule has 0 radical (unpaired) electrons. The van der Waals surface area contributed by atoms with E-state index in [0.29, 0.717) is 6.04 Å². The second-order valence-electron chi connectivity index (χ2n) is 4.87. The molecule has 1 heterocycles. The van der Waals surface area contributed by atoms with Gasteiger partial charge in [-0.05, 0) is 63.0 Å². The van der Waals surface area contributed by atoms with Gasteiger partial charge in [-0.3, -0.25) is 0 Å². The Balaban J connectivity index is 1.80. The molecule has 94 valence electrons. The molecule has 0 unspecified atom stereocenters. The summed E-state index contributed by atoms with van der Waals surface area (Å²) in [6, 6.07) is 9.03. The van der Waals surface area contributed by atoms with E-state index in [1.165, 1.54) is 31.5 Å². The van der Waals surface area contributed by atoms with Crippen molar-refractivity contribution in [1.29, 1.82) is 0 Å². The van der Waals surface area contributed by atoms with Crippen LogP contribution in [0.4, 0.5) is 0 Å². The zero-order chi connectivity index (χ0) is 12.1. The highest BCUT2D eigenvalue weighted by molar-refractivity contribution is 9.10. The minimum Gasteiger partial charge on any atom is -0.317 e. The second-order valence-corrected chi connectivity index (χ2v) is 5.79. The zero-order valence-electron chi connectivity index (χ0n) is 10.4. The molecule has 0 bridgehead atoms. The minimum absolute atomic E-state index is 0.443. The Labute approximate surface area is 112 Å². The van der Waals surface area contributed by atoms with Crippen molar-refractivity contribution in [3.63, 3.8) is 0 Å². The molecule has 3 heteroatoms. The molecule has 17 heavy (non-hydrogen) atoms. The molecular formula is C14H21BrN2. The van der Waals surface area contributed by atoms with Crippen LogP contribution in [0.5, 0.6) is 0 Å². The maximum Gasteiger partial charge on any atom is 0.0291 e. The first-order chi connectivity index (χ1) is 8.25. The van der Waals surface area contributed by atoms with Gasteiger partial charge in [-0.25, -0.2) is 0 Å². The zero-order valence-corrected chi connectivity index (χ0v) is 12.0. The maximum atomic E-state index is 3.64. The Bertz CT molecular complexity index is 331. The van der Waals surface area contributed by atoms with E-state index in [0.717, 1.165) is 16.9 Å². The number of benzene rings is 1. The summed E-state index contributed by atoms with van der Waals surface area (Å²) in [5.41, 5.74) is 1.36. The van der Waals surface area contributed by atoms with Crippen molar-refractivity contribution in [2.45, 2.75) is 25.8 Å². The van der Waals surface area contributed by atoms with E-state index in [2.05, 4.69) is 57.8 Å². The van der Waals surface area contributed by atoms with E-state index in [9.17, 15) is 0 Å². The standard InChI is InChI=1S/C14H21BrN2/c1-11(13-2-4-14(15)5-3-13)17-10-12-6-8-16-9-7-12/h2-5,11-12,16-17H,6-10H2,1H3/t11-/m0/s1. The topological polar surface area (TPSA) is 24.1 Å². The van der Waals surface area contributed by atoms with Crippen molar-refractivity contribution in [2.24, 2.45) is 5.92 Å². The highest BCUT2D eigenvalue weighted by Gasteiger charge is 2.14. The van der Waals surface area contributed by atoms with Gasteiger partial charge < -0.3 is 10.6 Å². The second kappa shape index (κ2) is 6.53. The van der Waals surface area contributed by atoms with Crippen molar-refractivity contribution in [3.05, 3.63) is 34.3 Å². The third-order valence-corrected chi connectivity index (χ3v) is 4.07. The van der Waals surface area contributed by atoms with Crippen LogP contribution in [-0.2, 0) is 0 Å². The van der Waals surface area contributed by atoms with Crippen LogP contribution in [0.2, 0.25) is 0 Å². The van der Waals surface area contributed by atoms with Gasteiger partial charge in [0, 0.05) is 10.5 Å². The molecular weight excluding hydrogens is 276 g/mol. The third kappa shape index (κ3) is 4.09. The summed E-state index contributed by atoms with van der Waals surface area (Å²) in [5, 5.41) is 7.05. The smallest absolute Gasteiger partial charge is 0.0291 e. The summed E-state index contributed by atoms with van der Waals surface area (Å²) in [6.45, 7) is 5.74. The molecule has 0 spiro atoms. The Morgan fingerprint density at radius 1 is 1.29 bits per heavy atom. The van der Waals surface area contributed by atoms with Crippen LogP contribution in [0.15, 0.2) is 28.7 Å². The number of halogens is 1. The molecule has 1 fully saturated rings. The molecule has 1 saturated heterocycles. The van der Waals surface area contributed by atoms with Crippen molar-refractivity contribution < 1.29 is 0 Å². The first kappa shape index (κ1) is 13.1. The molecule has 1 atom stereocenters. The van der Waals surface area contributed by atoms with E-state index in [-0.39, 0.29) is 0 Å². The lowest BCUT2D eigenvalue weighted by atomic mass is 9.97. The number of hydrogen-bond donors (Lipinski definition) is 2. The van der Waals surface area contributed by atoms with E-state index in [4.69, 9.17) is 0 Å². The largest absolute Gasteiger partial charge is 0.317 e. The van der Waals surface area contributed by atoms with Gasteiger partial charge in [-0.15, -0.1) is 0 Å². The highest BCUT2D eigenvalue weighted by atomic mass is 79.9. The lowest BCUT2D eigenvalue weighted by molar-refractivity contribution is 0.345. The van der Waals surface area contributed by atoms with Gasteiger partial charge >= 0.3 is 0 Å². The molecule has 1 aliphatic rings. The Hall–Kier alpha value is -0.380. The van der Waals surface area contributed by atoms with E-state index >= 15 is 0 Å². The number of nitrogens with one attached hydrogen (secondary N) is 2. The van der Waals surface area contributed by atoms with Gasteiger partial charge in [0.2, 0.25) is 0 Å². The number of hydrogen-bond acceptors (Lipinski definition) is 2. The van der Waals surface area contributed by atoms with Gasteiger partial charge in [0.05, 0.1) is 0 Å². The van der Waals surface area contributed by atoms with Crippen molar-refractivity contribution >= 4 is 15.9 Å². The summed E-state index contributed by atoms with van der Waals surface area (Å²) >= 11 is 3.47.